The number of fused-ring (bicyclic) bond motifs is 1. The second kappa shape index (κ2) is 8.22. The first-order chi connectivity index (χ1) is 13.0. The Hall–Kier alpha value is -2.86. The number of likely N-dealkylation sites (N-methyl/N-ethyl adjacent to an activating group) is 1. The van der Waals surface area contributed by atoms with Crippen LogP contribution in [-0.2, 0) is 11.2 Å². The lowest BCUT2D eigenvalue weighted by molar-refractivity contribution is -0.118. The molecule has 0 aliphatic carbocycles. The second-order valence-corrected chi connectivity index (χ2v) is 6.83. The van der Waals surface area contributed by atoms with Crippen LogP contribution in [0.2, 0.25) is 0 Å². The van der Waals surface area contributed by atoms with Gasteiger partial charge in [0.1, 0.15) is 5.75 Å². The molecule has 27 heavy (non-hydrogen) atoms. The van der Waals surface area contributed by atoms with Gasteiger partial charge < -0.3 is 20.3 Å². The summed E-state index contributed by atoms with van der Waals surface area (Å²) in [6.07, 6.45) is 1.00. The number of aryl methyl sites for hydroxylation is 1. The minimum Gasteiger partial charge on any atom is -0.482 e. The van der Waals surface area contributed by atoms with Crippen molar-refractivity contribution in [3.8, 4) is 5.75 Å². The highest BCUT2D eigenvalue weighted by Crippen LogP contribution is 2.28. The minimum absolute atomic E-state index is 0.0332. The first kappa shape index (κ1) is 18.9. The summed E-state index contributed by atoms with van der Waals surface area (Å²) in [5.41, 5.74) is 3.55. The number of hydrogen-bond donors (Lipinski definition) is 2. The molecule has 0 aromatic heterocycles. The van der Waals surface area contributed by atoms with Crippen LogP contribution in [0.3, 0.4) is 0 Å². The number of anilines is 1. The predicted molar refractivity (Wildman–Crippen MR) is 105 cm³/mol. The topological polar surface area (TPSA) is 70.7 Å². The molecule has 0 radical (unpaired) electrons. The molecular weight excluding hydrogens is 342 g/mol. The Kier molecular flexibility index (Phi) is 5.76. The zero-order valence-corrected chi connectivity index (χ0v) is 15.9. The maximum absolute atomic E-state index is 12.6. The summed E-state index contributed by atoms with van der Waals surface area (Å²) in [4.78, 5) is 26.0. The summed E-state index contributed by atoms with van der Waals surface area (Å²) in [5.74, 6) is 0.152. The number of ether oxygens (including phenoxy) is 1. The molecule has 1 aliphatic heterocycles. The second-order valence-electron chi connectivity index (χ2n) is 6.83. The van der Waals surface area contributed by atoms with E-state index in [2.05, 4.69) is 46.7 Å². The molecule has 0 fully saturated rings. The van der Waals surface area contributed by atoms with Crippen LogP contribution in [0.15, 0.2) is 42.5 Å². The molecule has 3 rings (SSSR count). The van der Waals surface area contributed by atoms with Gasteiger partial charge in [0.25, 0.3) is 11.8 Å². The van der Waals surface area contributed by atoms with E-state index < -0.39 is 0 Å². The normalized spacial score (nSPS) is 14.1. The van der Waals surface area contributed by atoms with Crippen molar-refractivity contribution in [2.45, 2.75) is 19.4 Å². The van der Waals surface area contributed by atoms with E-state index in [4.69, 9.17) is 4.74 Å². The van der Waals surface area contributed by atoms with Crippen molar-refractivity contribution in [2.24, 2.45) is 0 Å². The van der Waals surface area contributed by atoms with Crippen LogP contribution >= 0.6 is 0 Å². The van der Waals surface area contributed by atoms with Gasteiger partial charge in [0.2, 0.25) is 0 Å². The fraction of sp³-hybridized carbons (Fsp3) is 0.333. The van der Waals surface area contributed by atoms with Gasteiger partial charge in [-0.3, -0.25) is 9.59 Å². The summed E-state index contributed by atoms with van der Waals surface area (Å²) >= 11 is 0. The van der Waals surface area contributed by atoms with Gasteiger partial charge in [-0.25, -0.2) is 0 Å². The Labute approximate surface area is 159 Å². The third-order valence-corrected chi connectivity index (χ3v) is 4.73. The molecule has 2 aromatic carbocycles. The van der Waals surface area contributed by atoms with Gasteiger partial charge in [-0.05, 0) is 49.8 Å². The summed E-state index contributed by atoms with van der Waals surface area (Å²) in [6, 6.07) is 13.6. The third-order valence-electron chi connectivity index (χ3n) is 4.73. The van der Waals surface area contributed by atoms with E-state index >= 15 is 0 Å². The van der Waals surface area contributed by atoms with Crippen LogP contribution in [0.4, 0.5) is 5.69 Å². The van der Waals surface area contributed by atoms with Crippen LogP contribution in [0.5, 0.6) is 5.75 Å². The average Bonchev–Trinajstić information content (AvgIpc) is 2.67. The van der Waals surface area contributed by atoms with E-state index in [1.54, 1.807) is 18.2 Å². The van der Waals surface area contributed by atoms with Crippen LogP contribution in [-0.4, -0.2) is 44.0 Å². The van der Waals surface area contributed by atoms with Gasteiger partial charge in [-0.15, -0.1) is 0 Å². The standard InChI is InChI=1S/C21H25N3O3/c1-4-14-5-7-15(8-6-14)18(24(2)3)12-22-21(26)16-9-10-17-19(11-16)27-13-20(25)23-17/h5-11,18H,4,12-13H2,1-3H3,(H,22,26)(H,23,25). The Morgan fingerprint density at radius 3 is 2.63 bits per heavy atom. The summed E-state index contributed by atoms with van der Waals surface area (Å²) in [5, 5.41) is 5.72. The molecule has 142 valence electrons. The first-order valence-electron chi connectivity index (χ1n) is 9.08. The number of carbonyl (C=O) groups is 2. The van der Waals surface area contributed by atoms with Gasteiger partial charge in [0, 0.05) is 12.1 Å². The smallest absolute Gasteiger partial charge is 0.262 e. The molecule has 2 N–H and O–H groups in total. The molecule has 0 bridgehead atoms. The number of nitrogens with zero attached hydrogens (tertiary/aromatic N) is 1. The zero-order valence-electron chi connectivity index (χ0n) is 15.9. The maximum atomic E-state index is 12.6. The first-order valence-corrected chi connectivity index (χ1v) is 9.08. The molecule has 0 saturated heterocycles. The maximum Gasteiger partial charge on any atom is 0.262 e. The highest BCUT2D eigenvalue weighted by atomic mass is 16.5. The van der Waals surface area contributed by atoms with E-state index in [1.165, 1.54) is 5.56 Å². The lowest BCUT2D eigenvalue weighted by atomic mass is 10.0. The Morgan fingerprint density at radius 2 is 1.96 bits per heavy atom. The Bertz CT molecular complexity index is 831. The van der Waals surface area contributed by atoms with Crippen molar-refractivity contribution >= 4 is 17.5 Å². The van der Waals surface area contributed by atoms with Gasteiger partial charge >= 0.3 is 0 Å². The van der Waals surface area contributed by atoms with Crippen molar-refractivity contribution in [2.75, 3.05) is 32.6 Å². The molecule has 2 aromatic rings. The van der Waals surface area contributed by atoms with Crippen LogP contribution in [0, 0.1) is 0 Å². The summed E-state index contributed by atoms with van der Waals surface area (Å²) in [6.45, 7) is 2.59. The van der Waals surface area contributed by atoms with Crippen molar-refractivity contribution in [1.82, 2.24) is 10.2 Å². The highest BCUT2D eigenvalue weighted by molar-refractivity contribution is 5.99. The molecule has 1 atom stereocenters. The molecule has 2 amide bonds. The van der Waals surface area contributed by atoms with Crippen molar-refractivity contribution in [3.05, 3.63) is 59.2 Å². The number of nitrogens with one attached hydrogen (secondary N) is 2. The van der Waals surface area contributed by atoms with E-state index in [1.807, 2.05) is 14.1 Å². The average molecular weight is 367 g/mol. The lowest BCUT2D eigenvalue weighted by Gasteiger charge is -2.25. The molecule has 1 heterocycles. The highest BCUT2D eigenvalue weighted by Gasteiger charge is 2.19. The van der Waals surface area contributed by atoms with Crippen molar-refractivity contribution in [3.63, 3.8) is 0 Å². The van der Waals surface area contributed by atoms with Gasteiger partial charge in [0.05, 0.1) is 11.7 Å². The van der Waals surface area contributed by atoms with Crippen molar-refractivity contribution in [1.29, 1.82) is 0 Å². The number of rotatable bonds is 6. The van der Waals surface area contributed by atoms with E-state index in [0.717, 1.165) is 12.0 Å². The van der Waals surface area contributed by atoms with E-state index in [0.29, 0.717) is 23.5 Å². The van der Waals surface area contributed by atoms with Gasteiger partial charge in [-0.2, -0.15) is 0 Å². The summed E-state index contributed by atoms with van der Waals surface area (Å²) in [7, 11) is 4.00. The van der Waals surface area contributed by atoms with Crippen LogP contribution < -0.4 is 15.4 Å². The number of benzene rings is 2. The Balaban J connectivity index is 1.68. The largest absolute Gasteiger partial charge is 0.482 e. The van der Waals surface area contributed by atoms with Gasteiger partial charge in [-0.1, -0.05) is 31.2 Å². The molecule has 0 spiro atoms. The third kappa shape index (κ3) is 4.46. The Morgan fingerprint density at radius 1 is 1.22 bits per heavy atom. The van der Waals surface area contributed by atoms with Crippen LogP contribution in [0.1, 0.15) is 34.5 Å². The fourth-order valence-electron chi connectivity index (χ4n) is 3.08. The molecular formula is C21H25N3O3. The number of amides is 2. The van der Waals surface area contributed by atoms with Crippen molar-refractivity contribution < 1.29 is 14.3 Å². The fourth-order valence-corrected chi connectivity index (χ4v) is 3.08. The molecule has 6 heteroatoms. The summed E-state index contributed by atoms with van der Waals surface area (Å²) < 4.78 is 5.38. The molecule has 0 saturated carbocycles. The SMILES string of the molecule is CCc1ccc(C(CNC(=O)c2ccc3c(c2)OCC(=O)N3)N(C)C)cc1. The number of carbonyl (C=O) groups excluding carboxylic acids is 2. The van der Waals surface area contributed by atoms with Gasteiger partial charge in [0.15, 0.2) is 6.61 Å². The number of hydrogen-bond acceptors (Lipinski definition) is 4. The minimum atomic E-state index is -0.192. The zero-order chi connectivity index (χ0) is 19.4. The van der Waals surface area contributed by atoms with E-state index in [-0.39, 0.29) is 24.5 Å². The predicted octanol–water partition coefficient (Wildman–Crippen LogP) is 2.61. The molecule has 6 nitrogen and oxygen atoms in total. The lowest BCUT2D eigenvalue weighted by Crippen LogP contribution is -2.34. The monoisotopic (exact) mass is 367 g/mol. The molecule has 1 unspecified atom stereocenters. The molecule has 1 aliphatic rings. The van der Waals surface area contributed by atoms with Crippen LogP contribution in [0.25, 0.3) is 0 Å². The van der Waals surface area contributed by atoms with E-state index in [9.17, 15) is 9.59 Å². The quantitative estimate of drug-likeness (QED) is 0.823.